The summed E-state index contributed by atoms with van der Waals surface area (Å²) in [6.45, 7) is 1.91. The Kier molecular flexibility index (Phi) is 3.69. The highest BCUT2D eigenvalue weighted by Crippen LogP contribution is 2.31. The fourth-order valence-electron chi connectivity index (χ4n) is 2.66. The average Bonchev–Trinajstić information content (AvgIpc) is 2.95. The molecule has 0 radical (unpaired) electrons. The van der Waals surface area contributed by atoms with Crippen LogP contribution in [-0.4, -0.2) is 23.1 Å². The number of nitrogens with two attached hydrogens (primary N) is 1. The van der Waals surface area contributed by atoms with E-state index in [0.717, 1.165) is 46.8 Å². The van der Waals surface area contributed by atoms with E-state index in [2.05, 4.69) is 21.4 Å². The third-order valence-corrected chi connectivity index (χ3v) is 4.61. The molecule has 116 valence electrons. The first-order chi connectivity index (χ1) is 11.3. The van der Waals surface area contributed by atoms with Gasteiger partial charge in [0, 0.05) is 18.8 Å². The Morgan fingerprint density at radius 3 is 3.00 bits per heavy atom. The molecule has 0 unspecified atom stereocenters. The van der Waals surface area contributed by atoms with E-state index < -0.39 is 0 Å². The van der Waals surface area contributed by atoms with Crippen LogP contribution in [0.15, 0.2) is 42.7 Å². The smallest absolute Gasteiger partial charge is 0.181 e. The maximum absolute atomic E-state index is 5.96. The van der Waals surface area contributed by atoms with Crippen molar-refractivity contribution in [3.63, 3.8) is 0 Å². The third-order valence-electron chi connectivity index (χ3n) is 3.76. The van der Waals surface area contributed by atoms with Crippen LogP contribution in [0.3, 0.4) is 0 Å². The van der Waals surface area contributed by atoms with Crippen LogP contribution >= 0.6 is 11.3 Å². The largest absolute Gasteiger partial charge is 0.456 e. The summed E-state index contributed by atoms with van der Waals surface area (Å²) in [7, 11) is 0. The summed E-state index contributed by atoms with van der Waals surface area (Å²) in [5.41, 5.74) is 9.07. The Labute approximate surface area is 137 Å². The van der Waals surface area contributed by atoms with Gasteiger partial charge < -0.3 is 15.8 Å². The molecule has 1 aliphatic rings. The molecule has 0 atom stereocenters. The lowest BCUT2D eigenvalue weighted by molar-refractivity contribution is 0.481. The van der Waals surface area contributed by atoms with Gasteiger partial charge in [-0.2, -0.15) is 0 Å². The lowest BCUT2D eigenvalue weighted by Crippen LogP contribution is -2.20. The van der Waals surface area contributed by atoms with Gasteiger partial charge in [-0.25, -0.2) is 4.98 Å². The van der Waals surface area contributed by atoms with Gasteiger partial charge in [0.2, 0.25) is 0 Å². The molecule has 0 aliphatic carbocycles. The van der Waals surface area contributed by atoms with E-state index in [-0.39, 0.29) is 0 Å². The minimum Gasteiger partial charge on any atom is -0.456 e. The summed E-state index contributed by atoms with van der Waals surface area (Å²) in [6.07, 6.45) is 6.83. The Morgan fingerprint density at radius 2 is 2.13 bits per heavy atom. The van der Waals surface area contributed by atoms with E-state index in [1.165, 1.54) is 16.9 Å². The van der Waals surface area contributed by atoms with E-state index in [9.17, 15) is 0 Å². The second-order valence-electron chi connectivity index (χ2n) is 5.38. The molecule has 3 N–H and O–H groups in total. The SMILES string of the molecule is Nc1nc2ccc(Oc3cncc(C4=CCNCC4)c3)cc2s1. The summed E-state index contributed by atoms with van der Waals surface area (Å²) in [5.74, 6) is 1.50. The second-order valence-corrected chi connectivity index (χ2v) is 6.44. The maximum Gasteiger partial charge on any atom is 0.181 e. The second kappa shape index (κ2) is 5.98. The van der Waals surface area contributed by atoms with Gasteiger partial charge in [-0.15, -0.1) is 0 Å². The Bertz CT molecular complexity index is 887. The predicted molar refractivity (Wildman–Crippen MR) is 93.8 cm³/mol. The highest BCUT2D eigenvalue weighted by molar-refractivity contribution is 7.22. The predicted octanol–water partition coefficient (Wildman–Crippen LogP) is 3.44. The number of nitrogens with one attached hydrogen (secondary N) is 1. The summed E-state index contributed by atoms with van der Waals surface area (Å²) in [4.78, 5) is 8.56. The van der Waals surface area contributed by atoms with Crippen molar-refractivity contribution in [2.45, 2.75) is 6.42 Å². The summed E-state index contributed by atoms with van der Waals surface area (Å²) < 4.78 is 6.98. The fraction of sp³-hybridized carbons (Fsp3) is 0.176. The van der Waals surface area contributed by atoms with E-state index in [1.54, 1.807) is 6.20 Å². The van der Waals surface area contributed by atoms with Crippen LogP contribution in [0, 0.1) is 0 Å². The number of fused-ring (bicyclic) bond motifs is 1. The van der Waals surface area contributed by atoms with Crippen molar-refractivity contribution >= 4 is 32.3 Å². The number of hydrogen-bond acceptors (Lipinski definition) is 6. The molecule has 3 aromatic rings. The lowest BCUT2D eigenvalue weighted by atomic mass is 10.0. The van der Waals surface area contributed by atoms with Gasteiger partial charge in [0.15, 0.2) is 5.13 Å². The number of nitrogens with zero attached hydrogens (tertiary/aromatic N) is 2. The maximum atomic E-state index is 5.96. The molecule has 23 heavy (non-hydrogen) atoms. The molecule has 0 bridgehead atoms. The van der Waals surface area contributed by atoms with Crippen molar-refractivity contribution in [1.29, 1.82) is 0 Å². The van der Waals surface area contributed by atoms with Crippen LogP contribution in [0.25, 0.3) is 15.8 Å². The Balaban J connectivity index is 1.61. The van der Waals surface area contributed by atoms with Crippen LogP contribution in [-0.2, 0) is 0 Å². The van der Waals surface area contributed by atoms with E-state index in [4.69, 9.17) is 10.5 Å². The van der Waals surface area contributed by atoms with Gasteiger partial charge in [0.05, 0.1) is 16.4 Å². The van der Waals surface area contributed by atoms with E-state index >= 15 is 0 Å². The number of hydrogen-bond donors (Lipinski definition) is 2. The molecule has 6 heteroatoms. The fourth-order valence-corrected chi connectivity index (χ4v) is 3.42. The average molecular weight is 324 g/mol. The molecule has 1 aromatic carbocycles. The van der Waals surface area contributed by atoms with E-state index in [0.29, 0.717) is 5.13 Å². The zero-order valence-electron chi connectivity index (χ0n) is 12.5. The summed E-state index contributed by atoms with van der Waals surface area (Å²) in [5, 5.41) is 3.88. The van der Waals surface area contributed by atoms with Gasteiger partial charge in [-0.3, -0.25) is 4.98 Å². The van der Waals surface area contributed by atoms with Crippen molar-refractivity contribution in [2.24, 2.45) is 0 Å². The summed E-state index contributed by atoms with van der Waals surface area (Å²) >= 11 is 1.46. The zero-order chi connectivity index (χ0) is 15.6. The van der Waals surface area contributed by atoms with Crippen LogP contribution in [0.2, 0.25) is 0 Å². The number of rotatable bonds is 3. The molecule has 0 amide bonds. The highest BCUT2D eigenvalue weighted by Gasteiger charge is 2.09. The van der Waals surface area contributed by atoms with Crippen molar-refractivity contribution in [3.8, 4) is 11.5 Å². The normalized spacial score (nSPS) is 14.7. The molecular formula is C17H16N4OS. The Hall–Kier alpha value is -2.44. The van der Waals surface area contributed by atoms with Crippen LogP contribution < -0.4 is 15.8 Å². The van der Waals surface area contributed by atoms with Crippen LogP contribution in [0.1, 0.15) is 12.0 Å². The summed E-state index contributed by atoms with van der Waals surface area (Å²) in [6, 6.07) is 7.82. The Morgan fingerprint density at radius 1 is 1.17 bits per heavy atom. The molecule has 2 aromatic heterocycles. The number of nitrogen functional groups attached to an aromatic ring is 1. The molecule has 1 aliphatic heterocycles. The van der Waals surface area contributed by atoms with Crippen molar-refractivity contribution in [2.75, 3.05) is 18.8 Å². The molecule has 0 spiro atoms. The number of ether oxygens (including phenoxy) is 1. The highest BCUT2D eigenvalue weighted by atomic mass is 32.1. The van der Waals surface area contributed by atoms with Crippen molar-refractivity contribution in [1.82, 2.24) is 15.3 Å². The number of benzene rings is 1. The minimum atomic E-state index is 0.568. The van der Waals surface area contributed by atoms with Crippen molar-refractivity contribution in [3.05, 3.63) is 48.3 Å². The zero-order valence-corrected chi connectivity index (χ0v) is 13.3. The van der Waals surface area contributed by atoms with Gasteiger partial charge >= 0.3 is 0 Å². The number of anilines is 1. The molecule has 3 heterocycles. The van der Waals surface area contributed by atoms with Crippen LogP contribution in [0.5, 0.6) is 11.5 Å². The van der Waals surface area contributed by atoms with Crippen LogP contribution in [0.4, 0.5) is 5.13 Å². The molecule has 0 saturated heterocycles. The first kappa shape index (κ1) is 14.2. The number of aromatic nitrogens is 2. The molecule has 0 saturated carbocycles. The number of pyridine rings is 1. The topological polar surface area (TPSA) is 73.1 Å². The first-order valence-corrected chi connectivity index (χ1v) is 8.29. The first-order valence-electron chi connectivity index (χ1n) is 7.47. The van der Waals surface area contributed by atoms with Gasteiger partial charge in [-0.1, -0.05) is 17.4 Å². The van der Waals surface area contributed by atoms with E-state index in [1.807, 2.05) is 30.5 Å². The van der Waals surface area contributed by atoms with Gasteiger partial charge in [-0.05, 0) is 42.3 Å². The standard InChI is InChI=1S/C17H16N4OS/c18-17-21-15-2-1-13(8-16(15)23-17)22-14-7-12(9-20-10-14)11-3-5-19-6-4-11/h1-3,7-10,19H,4-6H2,(H2,18,21). The monoisotopic (exact) mass is 324 g/mol. The van der Waals surface area contributed by atoms with Gasteiger partial charge in [0.1, 0.15) is 11.5 Å². The molecule has 5 nitrogen and oxygen atoms in total. The van der Waals surface area contributed by atoms with Crippen molar-refractivity contribution < 1.29 is 4.74 Å². The quantitative estimate of drug-likeness (QED) is 0.772. The van der Waals surface area contributed by atoms with Gasteiger partial charge in [0.25, 0.3) is 0 Å². The lowest BCUT2D eigenvalue weighted by Gasteiger charge is -2.14. The third kappa shape index (κ3) is 3.04. The minimum absolute atomic E-state index is 0.568. The molecular weight excluding hydrogens is 308 g/mol. The number of thiazole rings is 1. The molecule has 0 fully saturated rings. The molecule has 4 rings (SSSR count).